The van der Waals surface area contributed by atoms with E-state index in [0.29, 0.717) is 11.3 Å². The fourth-order valence-corrected chi connectivity index (χ4v) is 4.31. The topological polar surface area (TPSA) is 77.3 Å². The lowest BCUT2D eigenvalue weighted by Gasteiger charge is -2.33. The van der Waals surface area contributed by atoms with Crippen molar-refractivity contribution in [3.8, 4) is 10.4 Å². The van der Waals surface area contributed by atoms with Crippen molar-refractivity contribution in [1.82, 2.24) is 0 Å². The van der Waals surface area contributed by atoms with Crippen molar-refractivity contribution >= 4 is 34.7 Å². The van der Waals surface area contributed by atoms with E-state index in [1.165, 1.54) is 25.6 Å². The van der Waals surface area contributed by atoms with Crippen LogP contribution in [0.1, 0.15) is 11.1 Å². The highest BCUT2D eigenvalue weighted by Crippen LogP contribution is 2.49. The molecule has 6 nitrogen and oxygen atoms in total. The monoisotopic (exact) mass is 340 g/mol. The summed E-state index contributed by atoms with van der Waals surface area (Å²) >= 11 is 1.49. The van der Waals surface area contributed by atoms with Crippen molar-refractivity contribution in [2.75, 3.05) is 14.2 Å². The molecule has 2 aromatic rings. The quantitative estimate of drug-likeness (QED) is 0.785. The lowest BCUT2D eigenvalue weighted by Crippen LogP contribution is -2.53. The number of fused-ring (bicyclic) bond motifs is 6. The maximum absolute atomic E-state index is 12.9. The third kappa shape index (κ3) is 1.59. The van der Waals surface area contributed by atoms with Gasteiger partial charge < -0.3 is 9.47 Å². The molecule has 1 unspecified atom stereocenters. The number of ether oxygens (including phenoxy) is 2. The lowest BCUT2D eigenvalue weighted by atomic mass is 9.66. The number of thiophene rings is 1. The number of hydrogen-bond acceptors (Lipinski definition) is 7. The molecule has 4 rings (SSSR count). The van der Waals surface area contributed by atoms with Crippen LogP contribution in [0.25, 0.3) is 10.4 Å². The van der Waals surface area contributed by atoms with Crippen molar-refractivity contribution in [1.29, 1.82) is 0 Å². The molecule has 2 aliphatic rings. The smallest absolute Gasteiger partial charge is 0.356 e. The lowest BCUT2D eigenvalue weighted by molar-refractivity contribution is -0.144. The summed E-state index contributed by atoms with van der Waals surface area (Å²) in [6, 6.07) is 9.42. The van der Waals surface area contributed by atoms with Gasteiger partial charge in [0.25, 0.3) is 0 Å². The first kappa shape index (κ1) is 14.8. The van der Waals surface area contributed by atoms with E-state index in [1.54, 1.807) is 0 Å². The van der Waals surface area contributed by atoms with Crippen LogP contribution in [0.3, 0.4) is 0 Å². The van der Waals surface area contributed by atoms with Crippen LogP contribution in [0.4, 0.5) is 0 Å². The minimum absolute atomic E-state index is 0.0685. The molecule has 1 aliphatic heterocycles. The first-order valence-electron chi connectivity index (χ1n) is 7.17. The summed E-state index contributed by atoms with van der Waals surface area (Å²) in [6.07, 6.45) is 0. The van der Waals surface area contributed by atoms with Gasteiger partial charge in [-0.2, -0.15) is 5.10 Å². The summed E-state index contributed by atoms with van der Waals surface area (Å²) < 4.78 is 9.89. The highest BCUT2D eigenvalue weighted by molar-refractivity contribution is 7.14. The Kier molecular flexibility index (Phi) is 3.14. The van der Waals surface area contributed by atoms with Gasteiger partial charge >= 0.3 is 11.9 Å². The molecule has 1 aromatic carbocycles. The fraction of sp³-hybridized carbons (Fsp3) is 0.176. The molecular weight excluding hydrogens is 328 g/mol. The van der Waals surface area contributed by atoms with Gasteiger partial charge in [0.1, 0.15) is 0 Å². The van der Waals surface area contributed by atoms with E-state index in [1.807, 2.05) is 35.7 Å². The average Bonchev–Trinajstić information content (AvgIpc) is 3.25. The Balaban J connectivity index is 2.10. The van der Waals surface area contributed by atoms with Crippen LogP contribution in [0, 0.1) is 0 Å². The van der Waals surface area contributed by atoms with Gasteiger partial charge in [0.05, 0.1) is 19.9 Å². The molecule has 0 radical (unpaired) electrons. The number of nitrogens with zero attached hydrogens (tertiary/aromatic N) is 2. The van der Waals surface area contributed by atoms with Crippen molar-refractivity contribution in [3.05, 3.63) is 46.8 Å². The van der Waals surface area contributed by atoms with Gasteiger partial charge in [0.15, 0.2) is 11.1 Å². The van der Waals surface area contributed by atoms with E-state index in [2.05, 4.69) is 10.2 Å². The van der Waals surface area contributed by atoms with Crippen LogP contribution in [-0.2, 0) is 24.5 Å². The van der Waals surface area contributed by atoms with Gasteiger partial charge in [-0.3, -0.25) is 4.79 Å². The van der Waals surface area contributed by atoms with Gasteiger partial charge in [0.2, 0.25) is 0 Å². The second-order valence-corrected chi connectivity index (χ2v) is 6.26. The Bertz CT molecular complexity index is 944. The number of hydrogen-bond donors (Lipinski definition) is 0. The summed E-state index contributed by atoms with van der Waals surface area (Å²) in [4.78, 5) is 26.1. The number of carbonyl (C=O) groups excluding carboxylic acids is 2. The number of carbonyl (C=O) groups is 2. The van der Waals surface area contributed by atoms with Gasteiger partial charge in [0, 0.05) is 21.6 Å². The van der Waals surface area contributed by atoms with Crippen LogP contribution < -0.4 is 0 Å². The van der Waals surface area contributed by atoms with Crippen LogP contribution in [0.2, 0.25) is 0 Å². The second kappa shape index (κ2) is 5.10. The van der Waals surface area contributed by atoms with E-state index in [-0.39, 0.29) is 5.71 Å². The van der Waals surface area contributed by atoms with E-state index in [9.17, 15) is 9.59 Å². The Hall–Kier alpha value is -2.80. The summed E-state index contributed by atoms with van der Waals surface area (Å²) in [5, 5.41) is 10.1. The SMILES string of the molecule is COC(=O)C1=NN=C2c3ccccc3-c3sccc3C12C(=O)OC. The highest BCUT2D eigenvalue weighted by atomic mass is 32.1. The zero-order valence-corrected chi connectivity index (χ0v) is 13.7. The molecule has 0 spiro atoms. The molecule has 2 heterocycles. The van der Waals surface area contributed by atoms with Crippen LogP contribution >= 0.6 is 11.3 Å². The Morgan fingerprint density at radius 1 is 1.04 bits per heavy atom. The van der Waals surface area contributed by atoms with Crippen molar-refractivity contribution < 1.29 is 19.1 Å². The molecule has 0 saturated heterocycles. The standard InChI is InChI=1S/C17H12N2O4S/c1-22-15(20)14-17(16(21)23-2)11-7-8-24-12(11)9-5-3-4-6-10(9)13(17)18-19-14/h3-8H,1-2H3. The number of benzene rings is 1. The molecular formula is C17H12N2O4S. The molecule has 1 aromatic heterocycles. The normalized spacial score (nSPS) is 20.2. The van der Waals surface area contributed by atoms with E-state index in [0.717, 1.165) is 16.0 Å². The Morgan fingerprint density at radius 2 is 1.79 bits per heavy atom. The third-order valence-electron chi connectivity index (χ3n) is 4.33. The summed E-state index contributed by atoms with van der Waals surface area (Å²) in [5.41, 5.74) is 1.23. The molecule has 0 amide bonds. The van der Waals surface area contributed by atoms with Gasteiger partial charge in [-0.1, -0.05) is 24.3 Å². The average molecular weight is 340 g/mol. The van der Waals surface area contributed by atoms with Crippen LogP contribution in [0.15, 0.2) is 45.9 Å². The molecule has 0 saturated carbocycles. The number of rotatable bonds is 2. The molecule has 1 atom stereocenters. The van der Waals surface area contributed by atoms with Crippen molar-refractivity contribution in [3.63, 3.8) is 0 Å². The second-order valence-electron chi connectivity index (χ2n) is 5.34. The number of methoxy groups -OCH3 is 2. The maximum Gasteiger partial charge on any atom is 0.356 e. The first-order valence-corrected chi connectivity index (χ1v) is 8.05. The maximum atomic E-state index is 12.9. The van der Waals surface area contributed by atoms with Crippen molar-refractivity contribution in [2.45, 2.75) is 5.41 Å². The van der Waals surface area contributed by atoms with Gasteiger partial charge in [-0.05, 0) is 11.4 Å². The molecule has 1 aliphatic carbocycles. The largest absolute Gasteiger partial charge is 0.468 e. The van der Waals surface area contributed by atoms with Crippen molar-refractivity contribution in [2.24, 2.45) is 10.2 Å². The molecule has 7 heteroatoms. The van der Waals surface area contributed by atoms with Crippen LogP contribution in [-0.4, -0.2) is 37.6 Å². The zero-order chi connectivity index (χ0) is 16.9. The zero-order valence-electron chi connectivity index (χ0n) is 12.9. The Morgan fingerprint density at radius 3 is 2.50 bits per heavy atom. The number of esters is 2. The minimum atomic E-state index is -1.48. The first-order chi connectivity index (χ1) is 11.7. The molecule has 0 bridgehead atoms. The third-order valence-corrected chi connectivity index (χ3v) is 5.27. The summed E-state index contributed by atoms with van der Waals surface area (Å²) in [6.45, 7) is 0. The van der Waals surface area contributed by atoms with Gasteiger partial charge in [-0.15, -0.1) is 16.4 Å². The fourth-order valence-electron chi connectivity index (χ4n) is 3.32. The van der Waals surface area contributed by atoms with Gasteiger partial charge in [-0.25, -0.2) is 4.79 Å². The molecule has 0 fully saturated rings. The minimum Gasteiger partial charge on any atom is -0.468 e. The molecule has 24 heavy (non-hydrogen) atoms. The molecule has 120 valence electrons. The summed E-state index contributed by atoms with van der Waals surface area (Å²) in [7, 11) is 2.54. The highest BCUT2D eigenvalue weighted by Gasteiger charge is 2.60. The summed E-state index contributed by atoms with van der Waals surface area (Å²) in [5.74, 6) is -1.30. The van der Waals surface area contributed by atoms with E-state index < -0.39 is 17.4 Å². The predicted molar refractivity (Wildman–Crippen MR) is 89.4 cm³/mol. The molecule has 0 N–H and O–H groups in total. The Labute approximate surface area is 141 Å². The van der Waals surface area contributed by atoms with Crippen LogP contribution in [0.5, 0.6) is 0 Å². The van der Waals surface area contributed by atoms with E-state index >= 15 is 0 Å². The van der Waals surface area contributed by atoms with E-state index in [4.69, 9.17) is 9.47 Å². The predicted octanol–water partition coefficient (Wildman–Crippen LogP) is 2.17.